The number of benzene rings is 1. The summed E-state index contributed by atoms with van der Waals surface area (Å²) in [6.45, 7) is 7.25. The van der Waals surface area contributed by atoms with Crippen molar-refractivity contribution in [2.45, 2.75) is 30.7 Å². The third-order valence-electron chi connectivity index (χ3n) is 3.17. The molecule has 0 radical (unpaired) electrons. The molecule has 4 nitrogen and oxygen atoms in total. The normalized spacial score (nSPS) is 10.7. The predicted molar refractivity (Wildman–Crippen MR) is 86.3 cm³/mol. The summed E-state index contributed by atoms with van der Waals surface area (Å²) >= 11 is 7.68. The van der Waals surface area contributed by atoms with Crippen LogP contribution in [0.3, 0.4) is 0 Å². The van der Waals surface area contributed by atoms with E-state index in [9.17, 15) is 4.79 Å². The van der Waals surface area contributed by atoms with Crippen molar-refractivity contribution in [1.29, 1.82) is 0 Å². The van der Waals surface area contributed by atoms with Crippen LogP contribution in [0.15, 0.2) is 40.4 Å². The van der Waals surface area contributed by atoms with E-state index in [-0.39, 0.29) is 6.03 Å². The Morgan fingerprint density at radius 1 is 1.33 bits per heavy atom. The second-order valence-corrected chi connectivity index (χ2v) is 5.98. The molecule has 1 aromatic heterocycles. The Labute approximate surface area is 134 Å². The fourth-order valence-electron chi connectivity index (χ4n) is 1.96. The summed E-state index contributed by atoms with van der Waals surface area (Å²) in [5.74, 6) is 0. The molecule has 0 bridgehead atoms. The lowest BCUT2D eigenvalue weighted by Gasteiger charge is -2.17. The van der Waals surface area contributed by atoms with E-state index in [2.05, 4.69) is 5.10 Å². The largest absolute Gasteiger partial charge is 0.344 e. The monoisotopic (exact) mass is 323 g/mol. The van der Waals surface area contributed by atoms with Crippen LogP contribution in [0.4, 0.5) is 4.79 Å². The lowest BCUT2D eigenvalue weighted by Crippen LogP contribution is -2.34. The van der Waals surface area contributed by atoms with Crippen LogP contribution in [0.1, 0.15) is 19.4 Å². The quantitative estimate of drug-likeness (QED) is 0.841. The van der Waals surface area contributed by atoms with Gasteiger partial charge < -0.3 is 4.90 Å². The molecule has 6 heteroatoms. The first-order chi connectivity index (χ1) is 10.1. The number of rotatable bonds is 4. The van der Waals surface area contributed by atoms with E-state index in [1.54, 1.807) is 11.1 Å². The molecule has 0 aliphatic heterocycles. The number of nitrogens with zero attached hydrogens (tertiary/aromatic N) is 3. The predicted octanol–water partition coefficient (Wildman–Crippen LogP) is 4.31. The van der Waals surface area contributed by atoms with Crippen LogP contribution >= 0.6 is 23.4 Å². The van der Waals surface area contributed by atoms with Crippen LogP contribution in [0.5, 0.6) is 0 Å². The first kappa shape index (κ1) is 15.9. The molecule has 1 amide bonds. The highest BCUT2D eigenvalue weighted by atomic mass is 35.5. The van der Waals surface area contributed by atoms with Crippen molar-refractivity contribution in [2.75, 3.05) is 13.1 Å². The summed E-state index contributed by atoms with van der Waals surface area (Å²) < 4.78 is 1.38. The molecule has 21 heavy (non-hydrogen) atoms. The molecule has 0 saturated heterocycles. The number of halogens is 1. The van der Waals surface area contributed by atoms with Crippen molar-refractivity contribution in [3.8, 4) is 0 Å². The maximum Gasteiger partial charge on any atom is 0.344 e. The van der Waals surface area contributed by atoms with Crippen LogP contribution in [0.25, 0.3) is 0 Å². The highest BCUT2D eigenvalue weighted by Crippen LogP contribution is 2.34. The molecular formula is C15H18ClN3OS. The van der Waals surface area contributed by atoms with Crippen molar-refractivity contribution in [2.24, 2.45) is 0 Å². The fourth-order valence-corrected chi connectivity index (χ4v) is 3.16. The zero-order valence-corrected chi connectivity index (χ0v) is 13.9. The van der Waals surface area contributed by atoms with E-state index < -0.39 is 0 Å². The minimum Gasteiger partial charge on any atom is -0.323 e. The number of carbonyl (C=O) groups is 1. The Kier molecular flexibility index (Phi) is 5.31. The Morgan fingerprint density at radius 2 is 2.05 bits per heavy atom. The van der Waals surface area contributed by atoms with Gasteiger partial charge in [0.1, 0.15) is 5.03 Å². The zero-order chi connectivity index (χ0) is 15.4. The van der Waals surface area contributed by atoms with E-state index in [4.69, 9.17) is 11.6 Å². The van der Waals surface area contributed by atoms with Crippen LogP contribution in [-0.4, -0.2) is 33.8 Å². The maximum atomic E-state index is 12.2. The SMILES string of the molecule is CCN(CC)C(=O)n1ccc(Sc2c(C)cccc2Cl)n1. The van der Waals surface area contributed by atoms with Gasteiger partial charge in [0.05, 0.1) is 5.02 Å². The third-order valence-corrected chi connectivity index (χ3v) is 4.76. The number of hydrogen-bond donors (Lipinski definition) is 0. The Hall–Kier alpha value is -1.46. The highest BCUT2D eigenvalue weighted by molar-refractivity contribution is 7.99. The molecule has 2 rings (SSSR count). The minimum absolute atomic E-state index is 0.109. The molecule has 0 spiro atoms. The molecule has 1 heterocycles. The zero-order valence-electron chi connectivity index (χ0n) is 12.3. The smallest absolute Gasteiger partial charge is 0.323 e. The first-order valence-corrected chi connectivity index (χ1v) is 8.04. The van der Waals surface area contributed by atoms with Crippen molar-refractivity contribution in [3.05, 3.63) is 41.0 Å². The first-order valence-electron chi connectivity index (χ1n) is 6.84. The second-order valence-electron chi connectivity index (χ2n) is 4.54. The van der Waals surface area contributed by atoms with Crippen LogP contribution in [-0.2, 0) is 0 Å². The van der Waals surface area contributed by atoms with Gasteiger partial charge in [-0.1, -0.05) is 35.5 Å². The summed E-state index contributed by atoms with van der Waals surface area (Å²) in [6.07, 6.45) is 1.69. The molecule has 0 aliphatic carbocycles. The molecule has 0 fully saturated rings. The average molecular weight is 324 g/mol. The number of amides is 1. The van der Waals surface area contributed by atoms with Crippen LogP contribution < -0.4 is 0 Å². The molecule has 0 atom stereocenters. The summed E-state index contributed by atoms with van der Waals surface area (Å²) in [5.41, 5.74) is 1.09. The van der Waals surface area contributed by atoms with Gasteiger partial charge in [-0.25, -0.2) is 4.79 Å². The van der Waals surface area contributed by atoms with E-state index in [1.807, 2.05) is 45.0 Å². The number of carbonyl (C=O) groups excluding carboxylic acids is 1. The molecule has 0 saturated carbocycles. The topological polar surface area (TPSA) is 38.1 Å². The summed E-state index contributed by atoms with van der Waals surface area (Å²) in [7, 11) is 0. The van der Waals surface area contributed by atoms with E-state index in [0.29, 0.717) is 18.1 Å². The van der Waals surface area contributed by atoms with E-state index in [0.717, 1.165) is 15.5 Å². The number of hydrogen-bond acceptors (Lipinski definition) is 3. The molecule has 112 valence electrons. The lowest BCUT2D eigenvalue weighted by atomic mass is 10.2. The molecule has 0 aliphatic rings. The Balaban J connectivity index is 2.19. The molecule has 1 aromatic carbocycles. The Bertz CT molecular complexity index is 617. The van der Waals surface area contributed by atoms with Crippen LogP contribution in [0.2, 0.25) is 5.02 Å². The number of aryl methyl sites for hydroxylation is 1. The van der Waals surface area contributed by atoms with Gasteiger partial charge in [0.2, 0.25) is 0 Å². The summed E-state index contributed by atoms with van der Waals surface area (Å²) in [5, 5.41) is 5.79. The number of aromatic nitrogens is 2. The van der Waals surface area contributed by atoms with Gasteiger partial charge in [-0.05, 0) is 38.5 Å². The highest BCUT2D eigenvalue weighted by Gasteiger charge is 2.14. The van der Waals surface area contributed by atoms with Crippen molar-refractivity contribution >= 4 is 29.4 Å². The average Bonchev–Trinajstić information content (AvgIpc) is 2.93. The van der Waals surface area contributed by atoms with Gasteiger partial charge in [0.25, 0.3) is 0 Å². The fraction of sp³-hybridized carbons (Fsp3) is 0.333. The van der Waals surface area contributed by atoms with Gasteiger partial charge in [-0.3, -0.25) is 0 Å². The Morgan fingerprint density at radius 3 is 2.67 bits per heavy atom. The van der Waals surface area contributed by atoms with Gasteiger partial charge in [0, 0.05) is 24.2 Å². The summed E-state index contributed by atoms with van der Waals surface area (Å²) in [6, 6.07) is 7.50. The van der Waals surface area contributed by atoms with Gasteiger partial charge >= 0.3 is 6.03 Å². The standard InChI is InChI=1S/C15H18ClN3OS/c1-4-18(5-2)15(20)19-10-9-13(17-19)21-14-11(3)7-6-8-12(14)16/h6-10H,4-5H2,1-3H3. The van der Waals surface area contributed by atoms with Crippen molar-refractivity contribution in [1.82, 2.24) is 14.7 Å². The maximum absolute atomic E-state index is 12.2. The van der Waals surface area contributed by atoms with Crippen molar-refractivity contribution in [3.63, 3.8) is 0 Å². The van der Waals surface area contributed by atoms with Gasteiger partial charge in [-0.15, -0.1) is 0 Å². The lowest BCUT2D eigenvalue weighted by molar-refractivity contribution is 0.201. The molecule has 0 unspecified atom stereocenters. The minimum atomic E-state index is -0.109. The van der Waals surface area contributed by atoms with Gasteiger partial charge in [0.15, 0.2) is 0 Å². The van der Waals surface area contributed by atoms with Crippen LogP contribution in [0, 0.1) is 6.92 Å². The van der Waals surface area contributed by atoms with Gasteiger partial charge in [-0.2, -0.15) is 9.78 Å². The second kappa shape index (κ2) is 7.00. The molecule has 2 aromatic rings. The van der Waals surface area contributed by atoms with Crippen molar-refractivity contribution < 1.29 is 4.79 Å². The molecular weight excluding hydrogens is 306 g/mol. The summed E-state index contributed by atoms with van der Waals surface area (Å²) in [4.78, 5) is 14.9. The third kappa shape index (κ3) is 3.60. The van der Waals surface area contributed by atoms with E-state index in [1.165, 1.54) is 16.4 Å². The molecule has 0 N–H and O–H groups in total. The van der Waals surface area contributed by atoms with E-state index >= 15 is 0 Å².